The summed E-state index contributed by atoms with van der Waals surface area (Å²) in [6.07, 6.45) is 2.12. The minimum Gasteiger partial charge on any atom is -0.393 e. The summed E-state index contributed by atoms with van der Waals surface area (Å²) >= 11 is 0. The molecule has 2 N–H and O–H groups in total. The van der Waals surface area contributed by atoms with Gasteiger partial charge in [-0.15, -0.1) is 0 Å². The van der Waals surface area contributed by atoms with Crippen molar-refractivity contribution in [2.45, 2.75) is 38.3 Å². The Morgan fingerprint density at radius 2 is 2.05 bits per heavy atom. The quantitative estimate of drug-likeness (QED) is 0.847. The van der Waals surface area contributed by atoms with Gasteiger partial charge in [0.25, 0.3) is 0 Å². The van der Waals surface area contributed by atoms with Crippen molar-refractivity contribution in [3.63, 3.8) is 0 Å². The Balaban J connectivity index is 1.97. The number of hydrogen-bond acceptors (Lipinski definition) is 3. The van der Waals surface area contributed by atoms with Gasteiger partial charge >= 0.3 is 0 Å². The molecule has 1 aromatic carbocycles. The Morgan fingerprint density at radius 3 is 2.71 bits per heavy atom. The average Bonchev–Trinajstić information content (AvgIpc) is 2.48. The molecule has 2 rings (SSSR count). The largest absolute Gasteiger partial charge is 0.393 e. The van der Waals surface area contributed by atoms with Gasteiger partial charge in [-0.25, -0.2) is 8.78 Å². The van der Waals surface area contributed by atoms with Crippen LogP contribution in [0.15, 0.2) is 18.2 Å². The summed E-state index contributed by atoms with van der Waals surface area (Å²) in [5, 5.41) is 12.7. The summed E-state index contributed by atoms with van der Waals surface area (Å²) in [7, 11) is 0. The molecule has 1 saturated heterocycles. The highest BCUT2D eigenvalue weighted by molar-refractivity contribution is 5.22. The number of nitrogens with one attached hydrogen (secondary N) is 1. The highest BCUT2D eigenvalue weighted by Crippen LogP contribution is 2.23. The monoisotopic (exact) mass is 298 g/mol. The Labute approximate surface area is 125 Å². The summed E-state index contributed by atoms with van der Waals surface area (Å²) < 4.78 is 27.3. The lowest BCUT2D eigenvalue weighted by molar-refractivity contribution is 0.0806. The van der Waals surface area contributed by atoms with Gasteiger partial charge in [0, 0.05) is 24.7 Å². The lowest BCUT2D eigenvalue weighted by atomic mass is 10.0. The number of halogens is 2. The van der Waals surface area contributed by atoms with Gasteiger partial charge in [-0.1, -0.05) is 19.1 Å². The fourth-order valence-electron chi connectivity index (χ4n) is 2.86. The Morgan fingerprint density at radius 1 is 1.33 bits per heavy atom. The van der Waals surface area contributed by atoms with E-state index < -0.39 is 11.6 Å². The maximum atomic E-state index is 13.9. The predicted molar refractivity (Wildman–Crippen MR) is 79.1 cm³/mol. The first-order chi connectivity index (χ1) is 10.1. The minimum absolute atomic E-state index is 0.183. The van der Waals surface area contributed by atoms with E-state index in [0.29, 0.717) is 12.1 Å². The summed E-state index contributed by atoms with van der Waals surface area (Å²) in [4.78, 5) is 2.27. The molecule has 1 unspecified atom stereocenters. The summed E-state index contributed by atoms with van der Waals surface area (Å²) in [5.41, 5.74) is 0.397. The molecule has 1 aromatic rings. The number of rotatable bonds is 6. The molecule has 1 heterocycles. The van der Waals surface area contributed by atoms with Crippen molar-refractivity contribution in [2.24, 2.45) is 0 Å². The maximum absolute atomic E-state index is 13.9. The predicted octanol–water partition coefficient (Wildman–Crippen LogP) is 2.46. The molecule has 0 saturated carbocycles. The highest BCUT2D eigenvalue weighted by Gasteiger charge is 2.21. The zero-order chi connectivity index (χ0) is 15.2. The molecular formula is C16H24F2N2O. The van der Waals surface area contributed by atoms with E-state index in [2.05, 4.69) is 10.2 Å². The van der Waals surface area contributed by atoms with E-state index in [1.165, 1.54) is 0 Å². The van der Waals surface area contributed by atoms with Crippen molar-refractivity contribution in [3.05, 3.63) is 35.4 Å². The second kappa shape index (κ2) is 7.82. The van der Waals surface area contributed by atoms with Crippen molar-refractivity contribution >= 4 is 0 Å². The number of piperidine rings is 1. The van der Waals surface area contributed by atoms with Crippen molar-refractivity contribution in [2.75, 3.05) is 26.2 Å². The molecule has 1 fully saturated rings. The van der Waals surface area contributed by atoms with Crippen LogP contribution in [0.5, 0.6) is 0 Å². The number of benzene rings is 1. The molecule has 0 radical (unpaired) electrons. The van der Waals surface area contributed by atoms with Crippen LogP contribution in [0.1, 0.15) is 37.8 Å². The van der Waals surface area contributed by atoms with Gasteiger partial charge in [-0.05, 0) is 38.4 Å². The third-order valence-electron chi connectivity index (χ3n) is 4.10. The van der Waals surface area contributed by atoms with Gasteiger partial charge in [0.05, 0.1) is 6.10 Å². The van der Waals surface area contributed by atoms with E-state index in [1.807, 2.05) is 6.92 Å². The van der Waals surface area contributed by atoms with Gasteiger partial charge in [0.15, 0.2) is 11.6 Å². The molecule has 5 heteroatoms. The number of likely N-dealkylation sites (tertiary alicyclic amines) is 1. The summed E-state index contributed by atoms with van der Waals surface area (Å²) in [6, 6.07) is 4.16. The lowest BCUT2D eigenvalue weighted by Crippen LogP contribution is -2.38. The number of aliphatic hydroxyl groups excluding tert-OH is 1. The van der Waals surface area contributed by atoms with Crippen LogP contribution < -0.4 is 5.32 Å². The van der Waals surface area contributed by atoms with Crippen LogP contribution >= 0.6 is 0 Å². The Hall–Kier alpha value is -1.04. The molecule has 3 nitrogen and oxygen atoms in total. The summed E-state index contributed by atoms with van der Waals surface area (Å²) in [5.74, 6) is -1.55. The fraction of sp³-hybridized carbons (Fsp3) is 0.625. The van der Waals surface area contributed by atoms with Crippen molar-refractivity contribution in [3.8, 4) is 0 Å². The van der Waals surface area contributed by atoms with Crippen LogP contribution in [0.25, 0.3) is 0 Å². The van der Waals surface area contributed by atoms with E-state index >= 15 is 0 Å². The molecule has 118 valence electrons. The first kappa shape index (κ1) is 16.3. The highest BCUT2D eigenvalue weighted by atomic mass is 19.2. The minimum atomic E-state index is -0.795. The van der Waals surface area contributed by atoms with Gasteiger partial charge in [0.2, 0.25) is 0 Å². The first-order valence-corrected chi connectivity index (χ1v) is 7.69. The lowest BCUT2D eigenvalue weighted by Gasteiger charge is -2.31. The van der Waals surface area contributed by atoms with Gasteiger partial charge in [-0.2, -0.15) is 0 Å². The van der Waals surface area contributed by atoms with Gasteiger partial charge < -0.3 is 15.3 Å². The molecule has 0 bridgehead atoms. The molecular weight excluding hydrogens is 274 g/mol. The maximum Gasteiger partial charge on any atom is 0.163 e. The standard InChI is InChI=1S/C16H24F2N2O/c1-2-19-15(13-4-3-5-14(17)16(13)18)8-11-20-9-6-12(21)7-10-20/h3-5,12,15,19,21H,2,6-11H2,1H3. The SMILES string of the molecule is CCNC(CCN1CCC(O)CC1)c1cccc(F)c1F. The van der Waals surface area contributed by atoms with Gasteiger partial charge in [0.1, 0.15) is 0 Å². The van der Waals surface area contributed by atoms with Crippen LogP contribution in [-0.4, -0.2) is 42.3 Å². The third kappa shape index (κ3) is 4.46. The number of hydrogen-bond donors (Lipinski definition) is 2. The van der Waals surface area contributed by atoms with Crippen LogP contribution in [0.4, 0.5) is 8.78 Å². The van der Waals surface area contributed by atoms with E-state index in [9.17, 15) is 13.9 Å². The van der Waals surface area contributed by atoms with E-state index in [0.717, 1.165) is 45.0 Å². The smallest absolute Gasteiger partial charge is 0.163 e. The van der Waals surface area contributed by atoms with Crippen molar-refractivity contribution in [1.82, 2.24) is 10.2 Å². The van der Waals surface area contributed by atoms with Crippen LogP contribution in [0, 0.1) is 11.6 Å². The molecule has 0 amide bonds. The number of nitrogens with zero attached hydrogens (tertiary/aromatic N) is 1. The van der Waals surface area contributed by atoms with Gasteiger partial charge in [-0.3, -0.25) is 0 Å². The summed E-state index contributed by atoms with van der Waals surface area (Å²) in [6.45, 7) is 5.22. The molecule has 1 aliphatic rings. The van der Waals surface area contributed by atoms with E-state index in [-0.39, 0.29) is 12.1 Å². The Bertz CT molecular complexity index is 448. The van der Waals surface area contributed by atoms with Crippen LogP contribution in [0.2, 0.25) is 0 Å². The average molecular weight is 298 g/mol. The number of aliphatic hydroxyl groups is 1. The molecule has 1 atom stereocenters. The normalized spacial score (nSPS) is 18.9. The van der Waals surface area contributed by atoms with Crippen molar-refractivity contribution in [1.29, 1.82) is 0 Å². The van der Waals surface area contributed by atoms with Crippen LogP contribution in [0.3, 0.4) is 0 Å². The fourth-order valence-corrected chi connectivity index (χ4v) is 2.86. The third-order valence-corrected chi connectivity index (χ3v) is 4.10. The molecule has 1 aliphatic heterocycles. The second-order valence-corrected chi connectivity index (χ2v) is 5.61. The van der Waals surface area contributed by atoms with E-state index in [4.69, 9.17) is 0 Å². The molecule has 0 aliphatic carbocycles. The molecule has 21 heavy (non-hydrogen) atoms. The molecule has 0 spiro atoms. The van der Waals surface area contributed by atoms with E-state index in [1.54, 1.807) is 12.1 Å². The topological polar surface area (TPSA) is 35.5 Å². The second-order valence-electron chi connectivity index (χ2n) is 5.61. The Kier molecular flexibility index (Phi) is 6.08. The molecule has 0 aromatic heterocycles. The van der Waals surface area contributed by atoms with Crippen LogP contribution in [-0.2, 0) is 0 Å². The first-order valence-electron chi connectivity index (χ1n) is 7.69. The zero-order valence-corrected chi connectivity index (χ0v) is 12.5. The van der Waals surface area contributed by atoms with Crippen molar-refractivity contribution < 1.29 is 13.9 Å². The zero-order valence-electron chi connectivity index (χ0n) is 12.5.